The number of amides is 1. The number of rotatable bonds is 9. The van der Waals surface area contributed by atoms with E-state index in [1.54, 1.807) is 16.7 Å². The summed E-state index contributed by atoms with van der Waals surface area (Å²) in [7, 11) is 0. The van der Waals surface area contributed by atoms with Crippen molar-refractivity contribution in [2.45, 2.75) is 39.0 Å². The van der Waals surface area contributed by atoms with Gasteiger partial charge >= 0.3 is 6.18 Å². The molecule has 0 aliphatic carbocycles. The van der Waals surface area contributed by atoms with Crippen molar-refractivity contribution in [2.24, 2.45) is 0 Å². The van der Waals surface area contributed by atoms with Crippen LogP contribution < -0.4 is 15.2 Å². The Morgan fingerprint density at radius 2 is 1.85 bits per heavy atom. The van der Waals surface area contributed by atoms with Gasteiger partial charge in [0.15, 0.2) is 0 Å². The van der Waals surface area contributed by atoms with Gasteiger partial charge in [0.1, 0.15) is 11.9 Å². The van der Waals surface area contributed by atoms with Gasteiger partial charge in [-0.05, 0) is 13.3 Å². The molecule has 0 aromatic carbocycles. The molecule has 0 radical (unpaired) electrons. The summed E-state index contributed by atoms with van der Waals surface area (Å²) in [6.45, 7) is 5.72. The minimum absolute atomic E-state index is 0.0726. The van der Waals surface area contributed by atoms with E-state index in [0.717, 1.165) is 12.4 Å². The molecule has 0 spiro atoms. The number of H-pyrrole nitrogens is 1. The molecule has 1 aliphatic rings. The van der Waals surface area contributed by atoms with Gasteiger partial charge < -0.3 is 19.3 Å². The maximum atomic E-state index is 12.7. The van der Waals surface area contributed by atoms with Crippen molar-refractivity contribution in [3.8, 4) is 5.75 Å². The van der Waals surface area contributed by atoms with Crippen LogP contribution in [0.5, 0.6) is 5.75 Å². The fourth-order valence-electron chi connectivity index (χ4n) is 3.29. The van der Waals surface area contributed by atoms with Crippen molar-refractivity contribution in [1.29, 1.82) is 0 Å². The highest BCUT2D eigenvalue weighted by atomic mass is 19.4. The summed E-state index contributed by atoms with van der Waals surface area (Å²) in [5.74, 6) is 0.529. The number of halogens is 3. The Hall–Kier alpha value is -3.22. The quantitative estimate of drug-likeness (QED) is 0.536. The maximum absolute atomic E-state index is 12.7. The van der Waals surface area contributed by atoms with Gasteiger partial charge in [-0.25, -0.2) is 15.1 Å². The summed E-state index contributed by atoms with van der Waals surface area (Å²) in [5, 5.41) is 6.07. The Morgan fingerprint density at radius 1 is 1.18 bits per heavy atom. The molecule has 13 heteroatoms. The molecule has 1 amide bonds. The van der Waals surface area contributed by atoms with Gasteiger partial charge in [-0.1, -0.05) is 6.92 Å². The topological polar surface area (TPSA) is 114 Å². The molecule has 1 fully saturated rings. The highest BCUT2D eigenvalue weighted by molar-refractivity contribution is 5.76. The largest absolute Gasteiger partial charge is 0.486 e. The summed E-state index contributed by atoms with van der Waals surface area (Å²) in [6.07, 6.45) is -0.961. The number of hydrogen-bond donors (Lipinski definition) is 1. The van der Waals surface area contributed by atoms with Gasteiger partial charge in [0.2, 0.25) is 11.9 Å². The van der Waals surface area contributed by atoms with Crippen molar-refractivity contribution < 1.29 is 27.4 Å². The Balaban J connectivity index is 1.39. The van der Waals surface area contributed by atoms with Crippen LogP contribution in [0.1, 0.15) is 30.9 Å². The number of piperazine rings is 1. The van der Waals surface area contributed by atoms with Crippen molar-refractivity contribution in [1.82, 2.24) is 25.1 Å². The minimum Gasteiger partial charge on any atom is -0.486 e. The van der Waals surface area contributed by atoms with Crippen molar-refractivity contribution in [2.75, 3.05) is 44.3 Å². The Kier molecular flexibility index (Phi) is 8.42. The first-order chi connectivity index (χ1) is 16.2. The summed E-state index contributed by atoms with van der Waals surface area (Å²) < 4.78 is 49.4. The number of carbonyl (C=O) groups is 1. The molecule has 10 nitrogen and oxygen atoms in total. The van der Waals surface area contributed by atoms with Crippen LogP contribution >= 0.6 is 0 Å². The molecule has 1 N–H and O–H groups in total. The zero-order valence-electron chi connectivity index (χ0n) is 19.0. The monoisotopic (exact) mass is 484 g/mol. The molecule has 2 aromatic heterocycles. The summed E-state index contributed by atoms with van der Waals surface area (Å²) in [6, 6.07) is 0. The number of aromatic amines is 1. The minimum atomic E-state index is -4.48. The fourth-order valence-corrected chi connectivity index (χ4v) is 3.29. The number of ether oxygens (including phenoxy) is 2. The van der Waals surface area contributed by atoms with Crippen molar-refractivity contribution in [3.63, 3.8) is 0 Å². The van der Waals surface area contributed by atoms with E-state index in [9.17, 15) is 22.8 Å². The van der Waals surface area contributed by atoms with Crippen LogP contribution in [0.4, 0.5) is 19.1 Å². The lowest BCUT2D eigenvalue weighted by Crippen LogP contribution is -2.49. The number of alkyl halides is 3. The second kappa shape index (κ2) is 11.3. The third-order valence-corrected chi connectivity index (χ3v) is 5.45. The normalized spacial score (nSPS) is 15.3. The summed E-state index contributed by atoms with van der Waals surface area (Å²) in [5.41, 5.74) is -0.779. The molecule has 1 saturated heterocycles. The van der Waals surface area contributed by atoms with E-state index < -0.39 is 11.7 Å². The number of aromatic nitrogens is 4. The average Bonchev–Trinajstić information content (AvgIpc) is 2.83. The number of hydrogen-bond acceptors (Lipinski definition) is 8. The highest BCUT2D eigenvalue weighted by Gasteiger charge is 2.32. The highest BCUT2D eigenvalue weighted by Crippen LogP contribution is 2.28. The van der Waals surface area contributed by atoms with E-state index in [2.05, 4.69) is 20.2 Å². The van der Waals surface area contributed by atoms with Gasteiger partial charge in [0.25, 0.3) is 5.56 Å². The molecular formula is C21H27F3N6O4. The molecule has 0 saturated carbocycles. The molecule has 1 aliphatic heterocycles. The number of anilines is 1. The molecule has 0 unspecified atom stereocenters. The van der Waals surface area contributed by atoms with E-state index in [-0.39, 0.29) is 43.2 Å². The number of carbonyl (C=O) groups excluding carboxylic acids is 1. The predicted molar refractivity (Wildman–Crippen MR) is 116 cm³/mol. The third-order valence-electron chi connectivity index (χ3n) is 5.45. The van der Waals surface area contributed by atoms with Gasteiger partial charge in [-0.15, -0.1) is 0 Å². The van der Waals surface area contributed by atoms with Crippen LogP contribution in [0.15, 0.2) is 23.4 Å². The van der Waals surface area contributed by atoms with E-state index in [0.29, 0.717) is 43.9 Å². The van der Waals surface area contributed by atoms with Crippen LogP contribution in [0.2, 0.25) is 0 Å². The SMILES string of the molecule is CC[C@@H](COCCC(=O)N1CCN(c2ncc(C(F)(F)F)cn2)CC1)Oc1cn[nH]c(=O)c1C. The Bertz CT molecular complexity index is 1010. The van der Waals surface area contributed by atoms with Crippen LogP contribution in [-0.2, 0) is 15.7 Å². The smallest absolute Gasteiger partial charge is 0.419 e. The number of nitrogens with one attached hydrogen (secondary N) is 1. The van der Waals surface area contributed by atoms with Crippen molar-refractivity contribution in [3.05, 3.63) is 40.1 Å². The lowest BCUT2D eigenvalue weighted by molar-refractivity contribution is -0.138. The molecule has 1 atom stereocenters. The zero-order chi connectivity index (χ0) is 24.7. The van der Waals surface area contributed by atoms with Gasteiger partial charge in [-0.3, -0.25) is 9.59 Å². The second-order valence-corrected chi connectivity index (χ2v) is 7.80. The second-order valence-electron chi connectivity index (χ2n) is 7.80. The van der Waals surface area contributed by atoms with Crippen LogP contribution in [-0.4, -0.2) is 76.5 Å². The fraction of sp³-hybridized carbons (Fsp3) is 0.571. The molecule has 2 aromatic rings. The number of nitrogens with zero attached hydrogens (tertiary/aromatic N) is 5. The standard InChI is InChI=1S/C21H27F3N6O4/c1-3-16(34-17-12-27-28-19(32)14(17)2)13-33-9-4-18(31)29-5-7-30(8-6-29)20-25-10-15(11-26-20)21(22,23)24/h10-12,16H,3-9,13H2,1-2H3,(H,28,32)/t16-/m0/s1. The van der Waals surface area contributed by atoms with E-state index in [1.165, 1.54) is 6.20 Å². The van der Waals surface area contributed by atoms with E-state index in [4.69, 9.17) is 9.47 Å². The lowest BCUT2D eigenvalue weighted by Gasteiger charge is -2.34. The van der Waals surface area contributed by atoms with Crippen LogP contribution in [0.25, 0.3) is 0 Å². The Morgan fingerprint density at radius 3 is 2.47 bits per heavy atom. The molecule has 186 valence electrons. The first-order valence-electron chi connectivity index (χ1n) is 10.9. The summed E-state index contributed by atoms with van der Waals surface area (Å²) >= 11 is 0. The van der Waals surface area contributed by atoms with Gasteiger partial charge in [0.05, 0.1) is 37.0 Å². The lowest BCUT2D eigenvalue weighted by atomic mass is 10.2. The average molecular weight is 484 g/mol. The summed E-state index contributed by atoms with van der Waals surface area (Å²) in [4.78, 5) is 35.1. The van der Waals surface area contributed by atoms with Crippen LogP contribution in [0.3, 0.4) is 0 Å². The van der Waals surface area contributed by atoms with E-state index in [1.807, 2.05) is 6.92 Å². The molecule has 34 heavy (non-hydrogen) atoms. The van der Waals surface area contributed by atoms with Crippen LogP contribution in [0, 0.1) is 6.92 Å². The van der Waals surface area contributed by atoms with Gasteiger partial charge in [-0.2, -0.15) is 18.3 Å². The third kappa shape index (κ3) is 6.65. The molecular weight excluding hydrogens is 457 g/mol. The first kappa shape index (κ1) is 25.4. The predicted octanol–water partition coefficient (Wildman–Crippen LogP) is 1.80. The first-order valence-corrected chi connectivity index (χ1v) is 10.9. The Labute approximate surface area is 194 Å². The molecule has 0 bridgehead atoms. The zero-order valence-corrected chi connectivity index (χ0v) is 19.0. The molecule has 3 heterocycles. The van der Waals surface area contributed by atoms with E-state index >= 15 is 0 Å². The maximum Gasteiger partial charge on any atom is 0.419 e. The van der Waals surface area contributed by atoms with Gasteiger partial charge in [0, 0.05) is 38.6 Å². The molecule has 3 rings (SSSR count). The van der Waals surface area contributed by atoms with Crippen molar-refractivity contribution >= 4 is 11.9 Å².